The zero-order valence-corrected chi connectivity index (χ0v) is 14.7. The fourth-order valence-corrected chi connectivity index (χ4v) is 2.86. The van der Waals surface area contributed by atoms with Crippen LogP contribution < -0.4 is 10.1 Å². The van der Waals surface area contributed by atoms with E-state index in [2.05, 4.69) is 5.32 Å². The maximum atomic E-state index is 13.4. The van der Waals surface area contributed by atoms with Gasteiger partial charge in [-0.15, -0.1) is 0 Å². The first-order chi connectivity index (χ1) is 13.0. The molecule has 0 spiro atoms. The molecular weight excluding hydrogens is 354 g/mol. The Morgan fingerprint density at radius 1 is 1.04 bits per heavy atom. The van der Waals surface area contributed by atoms with Gasteiger partial charge in [0.25, 0.3) is 11.8 Å². The van der Waals surface area contributed by atoms with E-state index in [9.17, 15) is 18.4 Å². The van der Waals surface area contributed by atoms with Gasteiger partial charge in [0.2, 0.25) is 0 Å². The summed E-state index contributed by atoms with van der Waals surface area (Å²) in [6.07, 6.45) is 2.08. The summed E-state index contributed by atoms with van der Waals surface area (Å²) in [4.78, 5) is 25.9. The second-order valence-corrected chi connectivity index (χ2v) is 6.34. The number of likely N-dealkylation sites (tertiary alicyclic amines) is 1. The van der Waals surface area contributed by atoms with Crippen molar-refractivity contribution in [1.29, 1.82) is 0 Å². The number of halogens is 2. The van der Waals surface area contributed by atoms with Crippen molar-refractivity contribution in [2.45, 2.75) is 19.4 Å². The molecule has 5 nitrogen and oxygen atoms in total. The molecule has 0 unspecified atom stereocenters. The Balaban J connectivity index is 1.46. The molecule has 1 aliphatic rings. The molecule has 1 fully saturated rings. The van der Waals surface area contributed by atoms with Gasteiger partial charge in [0.1, 0.15) is 5.82 Å². The number of hydrogen-bond donors (Lipinski definition) is 1. The lowest BCUT2D eigenvalue weighted by molar-refractivity contribution is -0.123. The van der Waals surface area contributed by atoms with E-state index in [1.807, 2.05) is 4.90 Å². The molecule has 27 heavy (non-hydrogen) atoms. The first kappa shape index (κ1) is 18.8. The van der Waals surface area contributed by atoms with Crippen molar-refractivity contribution in [3.05, 3.63) is 65.2 Å². The summed E-state index contributed by atoms with van der Waals surface area (Å²) in [6, 6.07) is 9.93. The van der Waals surface area contributed by atoms with Crippen LogP contribution in [-0.4, -0.2) is 36.4 Å². The van der Waals surface area contributed by atoms with Crippen LogP contribution in [-0.2, 0) is 11.3 Å². The number of carbonyl (C=O) groups is 2. The lowest BCUT2D eigenvalue weighted by Crippen LogP contribution is -2.29. The molecule has 2 amide bonds. The maximum Gasteiger partial charge on any atom is 0.258 e. The van der Waals surface area contributed by atoms with Crippen molar-refractivity contribution in [3.63, 3.8) is 0 Å². The van der Waals surface area contributed by atoms with E-state index < -0.39 is 17.5 Å². The van der Waals surface area contributed by atoms with Crippen molar-refractivity contribution in [2.75, 3.05) is 19.7 Å². The van der Waals surface area contributed by atoms with Gasteiger partial charge in [-0.3, -0.25) is 9.59 Å². The van der Waals surface area contributed by atoms with Crippen molar-refractivity contribution in [2.24, 2.45) is 0 Å². The molecule has 1 N–H and O–H groups in total. The van der Waals surface area contributed by atoms with Crippen LogP contribution >= 0.6 is 0 Å². The summed E-state index contributed by atoms with van der Waals surface area (Å²) in [5.41, 5.74) is 1.45. The zero-order chi connectivity index (χ0) is 19.2. The van der Waals surface area contributed by atoms with Crippen LogP contribution in [0.3, 0.4) is 0 Å². The van der Waals surface area contributed by atoms with Gasteiger partial charge in [-0.05, 0) is 42.7 Å². The lowest BCUT2D eigenvalue weighted by atomic mass is 10.1. The molecule has 0 radical (unpaired) electrons. The molecule has 7 heteroatoms. The van der Waals surface area contributed by atoms with Gasteiger partial charge in [0, 0.05) is 31.3 Å². The number of benzene rings is 2. The van der Waals surface area contributed by atoms with Crippen LogP contribution in [0.2, 0.25) is 0 Å². The molecule has 0 aromatic heterocycles. The lowest BCUT2D eigenvalue weighted by Gasteiger charge is -2.15. The SMILES string of the molecule is O=C(COc1ccc(F)cc1F)NCc1ccc(C(=O)N2CCCC2)cc1. The third-order valence-corrected chi connectivity index (χ3v) is 4.34. The van der Waals surface area contributed by atoms with Gasteiger partial charge in [-0.25, -0.2) is 8.78 Å². The highest BCUT2D eigenvalue weighted by molar-refractivity contribution is 5.94. The summed E-state index contributed by atoms with van der Waals surface area (Å²) in [5.74, 6) is -2.16. The monoisotopic (exact) mass is 374 g/mol. The number of amides is 2. The Morgan fingerprint density at radius 2 is 1.74 bits per heavy atom. The number of nitrogens with zero attached hydrogens (tertiary/aromatic N) is 1. The summed E-state index contributed by atoms with van der Waals surface area (Å²) >= 11 is 0. The van der Waals surface area contributed by atoms with Crippen LogP contribution in [0.4, 0.5) is 8.78 Å². The van der Waals surface area contributed by atoms with E-state index >= 15 is 0 Å². The van der Waals surface area contributed by atoms with E-state index in [0.29, 0.717) is 11.6 Å². The van der Waals surface area contributed by atoms with Crippen molar-refractivity contribution >= 4 is 11.8 Å². The van der Waals surface area contributed by atoms with Crippen LogP contribution in [0.15, 0.2) is 42.5 Å². The predicted octanol–water partition coefficient (Wildman–Crippen LogP) is 2.90. The second kappa shape index (κ2) is 8.62. The van der Waals surface area contributed by atoms with Gasteiger partial charge < -0.3 is 15.0 Å². The first-order valence-corrected chi connectivity index (χ1v) is 8.76. The molecule has 2 aromatic carbocycles. The van der Waals surface area contributed by atoms with Crippen molar-refractivity contribution < 1.29 is 23.1 Å². The summed E-state index contributed by atoms with van der Waals surface area (Å²) in [5, 5.41) is 2.65. The van der Waals surface area contributed by atoms with Crippen molar-refractivity contribution in [3.8, 4) is 5.75 Å². The smallest absolute Gasteiger partial charge is 0.258 e. The standard InChI is InChI=1S/C20H20F2N2O3/c21-16-7-8-18(17(22)11-16)27-13-19(25)23-12-14-3-5-15(6-4-14)20(26)24-9-1-2-10-24/h3-8,11H,1-2,9-10,12-13H2,(H,23,25). The van der Waals surface area contributed by atoms with Crippen LogP contribution in [0.1, 0.15) is 28.8 Å². The summed E-state index contributed by atoms with van der Waals surface area (Å²) in [6.45, 7) is 1.47. The molecule has 0 bridgehead atoms. The third-order valence-electron chi connectivity index (χ3n) is 4.34. The molecule has 142 valence electrons. The summed E-state index contributed by atoms with van der Waals surface area (Å²) in [7, 11) is 0. The second-order valence-electron chi connectivity index (χ2n) is 6.34. The van der Waals surface area contributed by atoms with Crippen molar-refractivity contribution in [1.82, 2.24) is 10.2 Å². The Morgan fingerprint density at radius 3 is 2.41 bits per heavy atom. The van der Waals surface area contributed by atoms with E-state index in [-0.39, 0.29) is 24.8 Å². The third kappa shape index (κ3) is 5.03. The molecule has 0 aliphatic carbocycles. The average molecular weight is 374 g/mol. The van der Waals surface area contributed by atoms with Crippen LogP contribution in [0.5, 0.6) is 5.75 Å². The first-order valence-electron chi connectivity index (χ1n) is 8.76. The number of hydrogen-bond acceptors (Lipinski definition) is 3. The normalized spacial score (nSPS) is 13.5. The average Bonchev–Trinajstić information content (AvgIpc) is 3.20. The molecule has 3 rings (SSSR count). The topological polar surface area (TPSA) is 58.6 Å². The zero-order valence-electron chi connectivity index (χ0n) is 14.7. The Hall–Kier alpha value is -2.96. The Bertz CT molecular complexity index is 818. The fraction of sp³-hybridized carbons (Fsp3) is 0.300. The molecule has 2 aromatic rings. The highest BCUT2D eigenvalue weighted by Gasteiger charge is 2.19. The quantitative estimate of drug-likeness (QED) is 0.846. The highest BCUT2D eigenvalue weighted by Crippen LogP contribution is 2.17. The molecular formula is C20H20F2N2O3. The number of rotatable bonds is 6. The van der Waals surface area contributed by atoms with Gasteiger partial charge in [-0.1, -0.05) is 12.1 Å². The van der Waals surface area contributed by atoms with E-state index in [4.69, 9.17) is 4.74 Å². The summed E-state index contributed by atoms with van der Waals surface area (Å²) < 4.78 is 31.3. The minimum Gasteiger partial charge on any atom is -0.481 e. The maximum absolute atomic E-state index is 13.4. The molecule has 1 heterocycles. The Kier molecular flexibility index (Phi) is 6.01. The molecule has 0 atom stereocenters. The number of nitrogens with one attached hydrogen (secondary N) is 1. The molecule has 1 saturated heterocycles. The largest absolute Gasteiger partial charge is 0.481 e. The van der Waals surface area contributed by atoms with E-state index in [0.717, 1.165) is 43.6 Å². The fourth-order valence-electron chi connectivity index (χ4n) is 2.86. The van der Waals surface area contributed by atoms with Crippen LogP contribution in [0.25, 0.3) is 0 Å². The molecule has 0 saturated carbocycles. The van der Waals surface area contributed by atoms with Gasteiger partial charge in [0.05, 0.1) is 0 Å². The number of ether oxygens (including phenoxy) is 1. The minimum absolute atomic E-state index is 0.0258. The van der Waals surface area contributed by atoms with E-state index in [1.54, 1.807) is 24.3 Å². The van der Waals surface area contributed by atoms with E-state index in [1.165, 1.54) is 0 Å². The molecule has 1 aliphatic heterocycles. The number of carbonyl (C=O) groups excluding carboxylic acids is 2. The minimum atomic E-state index is -0.860. The predicted molar refractivity (Wildman–Crippen MR) is 95.3 cm³/mol. The van der Waals surface area contributed by atoms with Gasteiger partial charge >= 0.3 is 0 Å². The van der Waals surface area contributed by atoms with Gasteiger partial charge in [0.15, 0.2) is 18.2 Å². The van der Waals surface area contributed by atoms with Gasteiger partial charge in [-0.2, -0.15) is 0 Å². The van der Waals surface area contributed by atoms with Crippen LogP contribution in [0, 0.1) is 11.6 Å². The Labute approximate surface area is 155 Å². The highest BCUT2D eigenvalue weighted by atomic mass is 19.1.